The molecule has 0 fully saturated rings. The average Bonchev–Trinajstić information content (AvgIpc) is 2.66. The monoisotopic (exact) mass is 235 g/mol. The van der Waals surface area contributed by atoms with E-state index in [4.69, 9.17) is 11.5 Å². The van der Waals surface area contributed by atoms with Gasteiger partial charge in [-0.05, 0) is 24.3 Å². The number of nitro groups is 1. The molecular formula is C10H9N3O2S. The van der Waals surface area contributed by atoms with Crippen molar-refractivity contribution in [3.8, 4) is 10.4 Å². The minimum absolute atomic E-state index is 0.103. The third-order valence-corrected chi connectivity index (χ3v) is 3.18. The second kappa shape index (κ2) is 3.82. The molecule has 2 rings (SSSR count). The van der Waals surface area contributed by atoms with Crippen LogP contribution in [-0.4, -0.2) is 4.92 Å². The SMILES string of the molecule is Nc1ccc(-c2ccc([N+](=O)[O-])s2)c(N)c1. The number of anilines is 2. The first kappa shape index (κ1) is 10.4. The van der Waals surface area contributed by atoms with E-state index in [1.54, 1.807) is 24.3 Å². The summed E-state index contributed by atoms with van der Waals surface area (Å²) in [4.78, 5) is 10.9. The molecule has 0 bridgehead atoms. The van der Waals surface area contributed by atoms with Gasteiger partial charge in [-0.2, -0.15) is 0 Å². The fourth-order valence-electron chi connectivity index (χ4n) is 1.38. The summed E-state index contributed by atoms with van der Waals surface area (Å²) in [5.41, 5.74) is 13.2. The van der Waals surface area contributed by atoms with Crippen LogP contribution in [0, 0.1) is 10.1 Å². The predicted molar refractivity (Wildman–Crippen MR) is 65.2 cm³/mol. The van der Waals surface area contributed by atoms with Gasteiger partial charge in [0, 0.05) is 27.9 Å². The molecule has 0 spiro atoms. The van der Waals surface area contributed by atoms with Crippen LogP contribution in [0.1, 0.15) is 0 Å². The quantitative estimate of drug-likeness (QED) is 0.475. The molecule has 6 heteroatoms. The van der Waals surface area contributed by atoms with Crippen molar-refractivity contribution < 1.29 is 4.92 Å². The lowest BCUT2D eigenvalue weighted by atomic mass is 10.1. The van der Waals surface area contributed by atoms with Crippen LogP contribution >= 0.6 is 11.3 Å². The average molecular weight is 235 g/mol. The molecule has 16 heavy (non-hydrogen) atoms. The zero-order valence-corrected chi connectivity index (χ0v) is 9.03. The lowest BCUT2D eigenvalue weighted by molar-refractivity contribution is -0.380. The van der Waals surface area contributed by atoms with Gasteiger partial charge in [-0.3, -0.25) is 10.1 Å². The normalized spacial score (nSPS) is 10.2. The molecule has 0 saturated heterocycles. The Morgan fingerprint density at radius 2 is 1.94 bits per heavy atom. The molecule has 82 valence electrons. The van der Waals surface area contributed by atoms with E-state index in [1.165, 1.54) is 6.07 Å². The maximum atomic E-state index is 10.5. The summed E-state index contributed by atoms with van der Waals surface area (Å²) in [6.45, 7) is 0. The smallest absolute Gasteiger partial charge is 0.324 e. The second-order valence-electron chi connectivity index (χ2n) is 3.24. The van der Waals surface area contributed by atoms with Crippen LogP contribution in [0.2, 0.25) is 0 Å². The first-order valence-electron chi connectivity index (χ1n) is 4.47. The lowest BCUT2D eigenvalue weighted by Gasteiger charge is -2.03. The largest absolute Gasteiger partial charge is 0.399 e. The zero-order chi connectivity index (χ0) is 11.7. The number of nitrogen functional groups attached to an aromatic ring is 2. The molecule has 0 atom stereocenters. The minimum Gasteiger partial charge on any atom is -0.399 e. The number of rotatable bonds is 2. The van der Waals surface area contributed by atoms with E-state index in [9.17, 15) is 10.1 Å². The van der Waals surface area contributed by atoms with Gasteiger partial charge < -0.3 is 11.5 Å². The maximum absolute atomic E-state index is 10.5. The fourth-order valence-corrected chi connectivity index (χ4v) is 2.24. The van der Waals surface area contributed by atoms with Crippen molar-refractivity contribution in [3.63, 3.8) is 0 Å². The Morgan fingerprint density at radius 1 is 1.19 bits per heavy atom. The van der Waals surface area contributed by atoms with Gasteiger partial charge in [-0.1, -0.05) is 11.3 Å². The summed E-state index contributed by atoms with van der Waals surface area (Å²) in [7, 11) is 0. The van der Waals surface area contributed by atoms with Crippen molar-refractivity contribution >= 4 is 27.7 Å². The summed E-state index contributed by atoms with van der Waals surface area (Å²) >= 11 is 1.09. The van der Waals surface area contributed by atoms with E-state index in [0.717, 1.165) is 21.8 Å². The lowest BCUT2D eigenvalue weighted by Crippen LogP contribution is -1.91. The fraction of sp³-hybridized carbons (Fsp3) is 0. The van der Waals surface area contributed by atoms with Gasteiger partial charge in [0.2, 0.25) is 0 Å². The van der Waals surface area contributed by atoms with E-state index in [-0.39, 0.29) is 5.00 Å². The first-order chi connectivity index (χ1) is 7.58. The molecular weight excluding hydrogens is 226 g/mol. The Kier molecular flexibility index (Phi) is 2.49. The highest BCUT2D eigenvalue weighted by atomic mass is 32.1. The number of nitrogens with zero attached hydrogens (tertiary/aromatic N) is 1. The number of hydrogen-bond donors (Lipinski definition) is 2. The number of nitrogens with two attached hydrogens (primary N) is 2. The highest BCUT2D eigenvalue weighted by molar-refractivity contribution is 7.18. The van der Waals surface area contributed by atoms with E-state index in [0.29, 0.717) is 11.4 Å². The van der Waals surface area contributed by atoms with Gasteiger partial charge >= 0.3 is 5.00 Å². The summed E-state index contributed by atoms with van der Waals surface area (Å²) in [5, 5.41) is 10.7. The molecule has 1 heterocycles. The van der Waals surface area contributed by atoms with E-state index >= 15 is 0 Å². The second-order valence-corrected chi connectivity index (χ2v) is 4.30. The van der Waals surface area contributed by atoms with Crippen molar-refractivity contribution in [2.75, 3.05) is 11.5 Å². The number of hydrogen-bond acceptors (Lipinski definition) is 5. The van der Waals surface area contributed by atoms with Gasteiger partial charge in [0.25, 0.3) is 0 Å². The Balaban J connectivity index is 2.46. The summed E-state index contributed by atoms with van der Waals surface area (Å²) < 4.78 is 0. The molecule has 0 unspecified atom stereocenters. The third kappa shape index (κ3) is 1.82. The summed E-state index contributed by atoms with van der Waals surface area (Å²) in [5.74, 6) is 0. The van der Waals surface area contributed by atoms with E-state index in [2.05, 4.69) is 0 Å². The molecule has 0 aliphatic rings. The molecule has 0 aliphatic heterocycles. The van der Waals surface area contributed by atoms with Crippen LogP contribution in [-0.2, 0) is 0 Å². The molecule has 0 aliphatic carbocycles. The van der Waals surface area contributed by atoms with Crippen LogP contribution in [0.25, 0.3) is 10.4 Å². The highest BCUT2D eigenvalue weighted by Crippen LogP contribution is 2.36. The van der Waals surface area contributed by atoms with Gasteiger partial charge in [0.1, 0.15) is 0 Å². The van der Waals surface area contributed by atoms with Crippen molar-refractivity contribution in [1.29, 1.82) is 0 Å². The Morgan fingerprint density at radius 3 is 2.50 bits per heavy atom. The Hall–Kier alpha value is -2.08. The third-order valence-electron chi connectivity index (χ3n) is 2.11. The Labute approximate surface area is 95.5 Å². The summed E-state index contributed by atoms with van der Waals surface area (Å²) in [6.07, 6.45) is 0. The van der Waals surface area contributed by atoms with E-state index in [1.807, 2.05) is 0 Å². The van der Waals surface area contributed by atoms with Crippen molar-refractivity contribution in [2.45, 2.75) is 0 Å². The van der Waals surface area contributed by atoms with E-state index < -0.39 is 4.92 Å². The van der Waals surface area contributed by atoms with Crippen molar-refractivity contribution in [1.82, 2.24) is 0 Å². The molecule has 4 N–H and O–H groups in total. The van der Waals surface area contributed by atoms with Crippen LogP contribution in [0.4, 0.5) is 16.4 Å². The predicted octanol–water partition coefficient (Wildman–Crippen LogP) is 2.49. The number of benzene rings is 1. The van der Waals surface area contributed by atoms with Crippen LogP contribution < -0.4 is 11.5 Å². The van der Waals surface area contributed by atoms with Gasteiger partial charge in [0.15, 0.2) is 0 Å². The van der Waals surface area contributed by atoms with Crippen LogP contribution in [0.5, 0.6) is 0 Å². The standard InChI is InChI=1S/C10H9N3O2S/c11-6-1-2-7(8(12)5-6)9-3-4-10(16-9)13(14)15/h1-5H,11-12H2. The molecule has 1 aromatic carbocycles. The highest BCUT2D eigenvalue weighted by Gasteiger charge is 2.12. The molecule has 2 aromatic rings. The topological polar surface area (TPSA) is 95.2 Å². The minimum atomic E-state index is -0.415. The van der Waals surface area contributed by atoms with Gasteiger partial charge in [-0.15, -0.1) is 0 Å². The van der Waals surface area contributed by atoms with Crippen molar-refractivity contribution in [2.24, 2.45) is 0 Å². The molecule has 5 nitrogen and oxygen atoms in total. The first-order valence-corrected chi connectivity index (χ1v) is 5.29. The van der Waals surface area contributed by atoms with Gasteiger partial charge in [-0.25, -0.2) is 0 Å². The zero-order valence-electron chi connectivity index (χ0n) is 8.21. The number of thiophene rings is 1. The maximum Gasteiger partial charge on any atom is 0.324 e. The van der Waals surface area contributed by atoms with Crippen LogP contribution in [0.3, 0.4) is 0 Å². The molecule has 1 aromatic heterocycles. The summed E-state index contributed by atoms with van der Waals surface area (Å²) in [6, 6.07) is 8.28. The molecule has 0 amide bonds. The Bertz CT molecular complexity index is 551. The molecule has 0 saturated carbocycles. The van der Waals surface area contributed by atoms with Crippen molar-refractivity contribution in [3.05, 3.63) is 40.4 Å². The van der Waals surface area contributed by atoms with Gasteiger partial charge in [0.05, 0.1) is 4.92 Å². The van der Waals surface area contributed by atoms with Crippen LogP contribution in [0.15, 0.2) is 30.3 Å². The molecule has 0 radical (unpaired) electrons.